The molecule has 0 radical (unpaired) electrons. The summed E-state index contributed by atoms with van der Waals surface area (Å²) in [5, 5.41) is 6.94. The largest absolute Gasteiger partial charge is 0.360 e. The van der Waals surface area contributed by atoms with Crippen molar-refractivity contribution in [3.05, 3.63) is 39.8 Å². The first kappa shape index (κ1) is 17.7. The molecule has 1 aliphatic heterocycles. The van der Waals surface area contributed by atoms with Crippen molar-refractivity contribution in [3.63, 3.8) is 0 Å². The highest BCUT2D eigenvalue weighted by atomic mass is 35.5. The standard InChI is InChI=1S/C16H16Cl2N4O3/c1-9-8-13(21-25-9)20-15(23)10-4-6-22(7-5-10)16(24)14-11(17)2-3-12(18)19-14/h2-3,8,10H,4-7H2,1H3,(H,20,21,23). The minimum atomic E-state index is -0.279. The lowest BCUT2D eigenvalue weighted by Crippen LogP contribution is -2.41. The quantitative estimate of drug-likeness (QED) is 0.823. The Morgan fingerprint density at radius 3 is 2.64 bits per heavy atom. The number of amides is 2. The van der Waals surface area contributed by atoms with Gasteiger partial charge in [0.05, 0.1) is 5.02 Å². The van der Waals surface area contributed by atoms with Gasteiger partial charge in [0.1, 0.15) is 16.6 Å². The average molecular weight is 383 g/mol. The summed E-state index contributed by atoms with van der Waals surface area (Å²) in [5.41, 5.74) is 0.134. The smallest absolute Gasteiger partial charge is 0.274 e. The second-order valence-corrected chi connectivity index (χ2v) is 6.64. The van der Waals surface area contributed by atoms with Crippen LogP contribution in [0.25, 0.3) is 0 Å². The Balaban J connectivity index is 1.58. The first-order chi connectivity index (χ1) is 11.9. The number of anilines is 1. The Labute approximate surface area is 154 Å². The molecule has 3 rings (SSSR count). The normalized spacial score (nSPS) is 15.2. The van der Waals surface area contributed by atoms with Crippen LogP contribution in [-0.2, 0) is 4.79 Å². The molecule has 3 heterocycles. The fourth-order valence-corrected chi connectivity index (χ4v) is 3.05. The molecule has 2 aromatic rings. The second kappa shape index (κ2) is 7.41. The van der Waals surface area contributed by atoms with Crippen LogP contribution in [0.4, 0.5) is 5.82 Å². The summed E-state index contributed by atoms with van der Waals surface area (Å²) in [7, 11) is 0. The van der Waals surface area contributed by atoms with Crippen molar-refractivity contribution in [1.29, 1.82) is 0 Å². The number of carbonyl (C=O) groups is 2. The van der Waals surface area contributed by atoms with E-state index in [0.717, 1.165) is 0 Å². The van der Waals surface area contributed by atoms with Crippen LogP contribution in [0.5, 0.6) is 0 Å². The van der Waals surface area contributed by atoms with E-state index in [0.29, 0.717) is 37.5 Å². The molecule has 1 N–H and O–H groups in total. The number of rotatable bonds is 3. The average Bonchev–Trinajstić information content (AvgIpc) is 3.01. The highest BCUT2D eigenvalue weighted by molar-refractivity contribution is 6.34. The summed E-state index contributed by atoms with van der Waals surface area (Å²) >= 11 is 11.9. The summed E-state index contributed by atoms with van der Waals surface area (Å²) in [6.07, 6.45) is 1.10. The number of hydrogen-bond donors (Lipinski definition) is 1. The predicted octanol–water partition coefficient (Wildman–Crippen LogP) is 3.18. The molecule has 132 valence electrons. The van der Waals surface area contributed by atoms with E-state index >= 15 is 0 Å². The van der Waals surface area contributed by atoms with Crippen LogP contribution >= 0.6 is 23.2 Å². The molecular formula is C16H16Cl2N4O3. The number of piperidine rings is 1. The molecule has 0 atom stereocenters. The van der Waals surface area contributed by atoms with Crippen LogP contribution < -0.4 is 5.32 Å². The van der Waals surface area contributed by atoms with Crippen LogP contribution in [0.15, 0.2) is 22.7 Å². The molecule has 0 aromatic carbocycles. The Hall–Kier alpha value is -2.12. The molecule has 0 spiro atoms. The maximum atomic E-state index is 12.5. The minimum absolute atomic E-state index is 0.126. The number of carbonyl (C=O) groups excluding carboxylic acids is 2. The third-order valence-corrected chi connectivity index (χ3v) is 4.56. The van der Waals surface area contributed by atoms with Gasteiger partial charge in [0.25, 0.3) is 5.91 Å². The number of aryl methyl sites for hydroxylation is 1. The maximum Gasteiger partial charge on any atom is 0.274 e. The van der Waals surface area contributed by atoms with Gasteiger partial charge in [-0.1, -0.05) is 28.4 Å². The van der Waals surface area contributed by atoms with E-state index in [9.17, 15) is 9.59 Å². The highest BCUT2D eigenvalue weighted by Crippen LogP contribution is 2.23. The molecule has 0 bridgehead atoms. The molecule has 9 heteroatoms. The number of halogens is 2. The van der Waals surface area contributed by atoms with Crippen molar-refractivity contribution in [2.45, 2.75) is 19.8 Å². The van der Waals surface area contributed by atoms with Crippen molar-refractivity contribution in [3.8, 4) is 0 Å². The SMILES string of the molecule is Cc1cc(NC(=O)C2CCN(C(=O)c3nc(Cl)ccc3Cl)CC2)no1. The fraction of sp³-hybridized carbons (Fsp3) is 0.375. The summed E-state index contributed by atoms with van der Waals surface area (Å²) in [5.74, 6) is 0.430. The molecule has 25 heavy (non-hydrogen) atoms. The Morgan fingerprint density at radius 2 is 2.00 bits per heavy atom. The predicted molar refractivity (Wildman–Crippen MR) is 92.8 cm³/mol. The number of aromatic nitrogens is 2. The Kier molecular flexibility index (Phi) is 5.24. The molecule has 1 saturated heterocycles. The van der Waals surface area contributed by atoms with Crippen molar-refractivity contribution < 1.29 is 14.1 Å². The van der Waals surface area contributed by atoms with Crippen molar-refractivity contribution in [2.75, 3.05) is 18.4 Å². The van der Waals surface area contributed by atoms with Crippen molar-refractivity contribution in [1.82, 2.24) is 15.0 Å². The van der Waals surface area contributed by atoms with Crippen LogP contribution in [0, 0.1) is 12.8 Å². The summed E-state index contributed by atoms with van der Waals surface area (Å²) < 4.78 is 4.92. The lowest BCUT2D eigenvalue weighted by molar-refractivity contribution is -0.121. The summed E-state index contributed by atoms with van der Waals surface area (Å²) in [4.78, 5) is 30.5. The zero-order chi connectivity index (χ0) is 18.0. The van der Waals surface area contributed by atoms with Gasteiger partial charge in [-0.05, 0) is 31.9 Å². The molecular weight excluding hydrogens is 367 g/mol. The molecule has 1 fully saturated rings. The van der Waals surface area contributed by atoms with E-state index in [1.54, 1.807) is 24.0 Å². The van der Waals surface area contributed by atoms with Gasteiger partial charge in [0, 0.05) is 25.1 Å². The van der Waals surface area contributed by atoms with Crippen molar-refractivity contribution in [2.24, 2.45) is 5.92 Å². The summed E-state index contributed by atoms with van der Waals surface area (Å²) in [6.45, 7) is 2.64. The van der Waals surface area contributed by atoms with E-state index < -0.39 is 0 Å². The van der Waals surface area contributed by atoms with Crippen LogP contribution in [0.3, 0.4) is 0 Å². The topological polar surface area (TPSA) is 88.3 Å². The van der Waals surface area contributed by atoms with Crippen LogP contribution in [0.2, 0.25) is 10.2 Å². The van der Waals surface area contributed by atoms with Gasteiger partial charge in [-0.3, -0.25) is 9.59 Å². The van der Waals surface area contributed by atoms with Gasteiger partial charge in [0.2, 0.25) is 5.91 Å². The molecule has 0 saturated carbocycles. The van der Waals surface area contributed by atoms with Gasteiger partial charge in [-0.25, -0.2) is 4.98 Å². The van der Waals surface area contributed by atoms with Crippen LogP contribution in [-0.4, -0.2) is 39.9 Å². The van der Waals surface area contributed by atoms with Gasteiger partial charge in [-0.2, -0.15) is 0 Å². The number of hydrogen-bond acceptors (Lipinski definition) is 5. The Morgan fingerprint density at radius 1 is 1.28 bits per heavy atom. The van der Waals surface area contributed by atoms with E-state index in [2.05, 4.69) is 15.5 Å². The number of pyridine rings is 1. The molecule has 2 aromatic heterocycles. The molecule has 0 aliphatic carbocycles. The monoisotopic (exact) mass is 382 g/mol. The lowest BCUT2D eigenvalue weighted by atomic mass is 9.95. The first-order valence-corrected chi connectivity index (χ1v) is 8.55. The maximum absolute atomic E-state index is 12.5. The van der Waals surface area contributed by atoms with Crippen LogP contribution in [0.1, 0.15) is 29.1 Å². The third-order valence-electron chi connectivity index (χ3n) is 4.05. The highest BCUT2D eigenvalue weighted by Gasteiger charge is 2.29. The van der Waals surface area contributed by atoms with E-state index in [-0.39, 0.29) is 33.6 Å². The minimum Gasteiger partial charge on any atom is -0.360 e. The number of nitrogens with one attached hydrogen (secondary N) is 1. The van der Waals surface area contributed by atoms with Crippen molar-refractivity contribution >= 4 is 40.8 Å². The molecule has 0 unspecified atom stereocenters. The zero-order valence-corrected chi connectivity index (χ0v) is 15.0. The van der Waals surface area contributed by atoms with Gasteiger partial charge < -0.3 is 14.7 Å². The number of likely N-dealkylation sites (tertiary alicyclic amines) is 1. The third kappa shape index (κ3) is 4.11. The Bertz CT molecular complexity index is 800. The second-order valence-electron chi connectivity index (χ2n) is 5.84. The molecule has 2 amide bonds. The first-order valence-electron chi connectivity index (χ1n) is 7.79. The van der Waals surface area contributed by atoms with E-state index in [1.807, 2.05) is 0 Å². The zero-order valence-electron chi connectivity index (χ0n) is 13.5. The lowest BCUT2D eigenvalue weighted by Gasteiger charge is -2.31. The number of nitrogens with zero attached hydrogens (tertiary/aromatic N) is 3. The molecule has 1 aliphatic rings. The van der Waals surface area contributed by atoms with E-state index in [4.69, 9.17) is 27.7 Å². The fourth-order valence-electron chi connectivity index (χ4n) is 2.72. The van der Waals surface area contributed by atoms with Gasteiger partial charge in [-0.15, -0.1) is 0 Å². The van der Waals surface area contributed by atoms with Gasteiger partial charge in [0.15, 0.2) is 5.82 Å². The molecule has 7 nitrogen and oxygen atoms in total. The van der Waals surface area contributed by atoms with Gasteiger partial charge >= 0.3 is 0 Å². The summed E-state index contributed by atoms with van der Waals surface area (Å²) in [6, 6.07) is 4.73. The van der Waals surface area contributed by atoms with E-state index in [1.165, 1.54) is 6.07 Å².